The Morgan fingerprint density at radius 1 is 1.06 bits per heavy atom. The second-order valence-electron chi connectivity index (χ2n) is 4.77. The zero-order valence-electron chi connectivity index (χ0n) is 11.7. The van der Waals surface area contributed by atoms with Crippen molar-refractivity contribution in [3.8, 4) is 0 Å². The summed E-state index contributed by atoms with van der Waals surface area (Å²) >= 11 is 0. The van der Waals surface area contributed by atoms with Crippen LogP contribution >= 0.6 is 0 Å². The van der Waals surface area contributed by atoms with Gasteiger partial charge < -0.3 is 10.1 Å². The van der Waals surface area contributed by atoms with Gasteiger partial charge in [-0.3, -0.25) is 0 Å². The van der Waals surface area contributed by atoms with Crippen molar-refractivity contribution in [3.05, 3.63) is 0 Å². The van der Waals surface area contributed by atoms with Crippen molar-refractivity contribution in [2.45, 2.75) is 65.3 Å². The molecule has 0 fully saturated rings. The standard InChI is InChI=1S/C14H31NO/c1-5-7-8-9-10-14(15-6-2)13(3)11-12-16-4/h13-15H,5-12H2,1-4H3. The number of hydrogen-bond donors (Lipinski definition) is 1. The van der Waals surface area contributed by atoms with Crippen LogP contribution in [0.2, 0.25) is 0 Å². The van der Waals surface area contributed by atoms with Crippen LogP contribution < -0.4 is 5.32 Å². The molecule has 0 aliphatic rings. The largest absolute Gasteiger partial charge is 0.385 e. The predicted molar refractivity (Wildman–Crippen MR) is 71.9 cm³/mol. The Balaban J connectivity index is 3.75. The Morgan fingerprint density at radius 3 is 2.38 bits per heavy atom. The fraction of sp³-hybridized carbons (Fsp3) is 1.00. The van der Waals surface area contributed by atoms with Gasteiger partial charge in [0.1, 0.15) is 0 Å². The first-order chi connectivity index (χ1) is 7.76. The number of ether oxygens (including phenoxy) is 1. The fourth-order valence-corrected chi connectivity index (χ4v) is 2.15. The van der Waals surface area contributed by atoms with E-state index in [9.17, 15) is 0 Å². The van der Waals surface area contributed by atoms with Crippen LogP contribution in [0.25, 0.3) is 0 Å². The molecule has 0 bridgehead atoms. The molecule has 1 N–H and O–H groups in total. The van der Waals surface area contributed by atoms with Crippen LogP contribution in [0.1, 0.15) is 59.3 Å². The molecule has 0 aliphatic heterocycles. The lowest BCUT2D eigenvalue weighted by molar-refractivity contribution is 0.168. The van der Waals surface area contributed by atoms with Gasteiger partial charge in [0.05, 0.1) is 0 Å². The highest BCUT2D eigenvalue weighted by atomic mass is 16.5. The van der Waals surface area contributed by atoms with Crippen LogP contribution in [0.15, 0.2) is 0 Å². The van der Waals surface area contributed by atoms with Gasteiger partial charge in [-0.15, -0.1) is 0 Å². The summed E-state index contributed by atoms with van der Waals surface area (Å²) in [6.07, 6.45) is 7.94. The lowest BCUT2D eigenvalue weighted by Gasteiger charge is -2.24. The summed E-state index contributed by atoms with van der Waals surface area (Å²) in [6.45, 7) is 8.77. The third-order valence-electron chi connectivity index (χ3n) is 3.30. The van der Waals surface area contributed by atoms with E-state index in [-0.39, 0.29) is 0 Å². The van der Waals surface area contributed by atoms with Crippen molar-refractivity contribution in [3.63, 3.8) is 0 Å². The highest BCUT2D eigenvalue weighted by Crippen LogP contribution is 2.15. The summed E-state index contributed by atoms with van der Waals surface area (Å²) in [4.78, 5) is 0. The molecule has 2 atom stereocenters. The average Bonchev–Trinajstić information content (AvgIpc) is 2.30. The first-order valence-electron chi connectivity index (χ1n) is 6.98. The van der Waals surface area contributed by atoms with Crippen molar-refractivity contribution >= 4 is 0 Å². The molecule has 0 saturated carbocycles. The summed E-state index contributed by atoms with van der Waals surface area (Å²) in [7, 11) is 1.79. The molecular formula is C14H31NO. The van der Waals surface area contributed by atoms with Crippen LogP contribution in [0, 0.1) is 5.92 Å². The maximum atomic E-state index is 5.16. The lowest BCUT2D eigenvalue weighted by atomic mass is 9.93. The Bertz CT molecular complexity index is 139. The predicted octanol–water partition coefficient (Wildman–Crippen LogP) is 3.61. The summed E-state index contributed by atoms with van der Waals surface area (Å²) in [5, 5.41) is 3.61. The van der Waals surface area contributed by atoms with Crippen molar-refractivity contribution in [2.75, 3.05) is 20.3 Å². The average molecular weight is 229 g/mol. The summed E-state index contributed by atoms with van der Waals surface area (Å²) in [5.74, 6) is 0.724. The highest BCUT2D eigenvalue weighted by molar-refractivity contribution is 4.72. The molecule has 0 aromatic rings. The van der Waals surface area contributed by atoms with E-state index >= 15 is 0 Å². The Labute approximate surface area is 102 Å². The first kappa shape index (κ1) is 15.9. The van der Waals surface area contributed by atoms with Crippen LogP contribution in [0.3, 0.4) is 0 Å². The van der Waals surface area contributed by atoms with Gasteiger partial charge in [-0.1, -0.05) is 46.5 Å². The zero-order chi connectivity index (χ0) is 12.2. The summed E-state index contributed by atoms with van der Waals surface area (Å²) in [5.41, 5.74) is 0. The van der Waals surface area contributed by atoms with Gasteiger partial charge in [-0.25, -0.2) is 0 Å². The molecule has 0 spiro atoms. The molecule has 0 aromatic carbocycles. The fourth-order valence-electron chi connectivity index (χ4n) is 2.15. The maximum absolute atomic E-state index is 5.16. The minimum atomic E-state index is 0.678. The molecule has 0 saturated heterocycles. The van der Waals surface area contributed by atoms with Gasteiger partial charge in [-0.05, 0) is 25.3 Å². The molecule has 98 valence electrons. The molecule has 0 aliphatic carbocycles. The Morgan fingerprint density at radius 2 is 1.81 bits per heavy atom. The molecule has 0 amide bonds. The molecule has 16 heavy (non-hydrogen) atoms. The van der Waals surface area contributed by atoms with E-state index in [1.165, 1.54) is 38.5 Å². The lowest BCUT2D eigenvalue weighted by Crippen LogP contribution is -2.35. The number of methoxy groups -OCH3 is 1. The normalized spacial score (nSPS) is 15.0. The minimum absolute atomic E-state index is 0.678. The zero-order valence-corrected chi connectivity index (χ0v) is 11.7. The van der Waals surface area contributed by atoms with Crippen LogP contribution in [0.5, 0.6) is 0 Å². The molecule has 2 nitrogen and oxygen atoms in total. The van der Waals surface area contributed by atoms with Crippen LogP contribution in [-0.2, 0) is 4.74 Å². The molecule has 0 aromatic heterocycles. The second kappa shape index (κ2) is 11.4. The quantitative estimate of drug-likeness (QED) is 0.547. The van der Waals surface area contributed by atoms with Gasteiger partial charge in [0.25, 0.3) is 0 Å². The van der Waals surface area contributed by atoms with Crippen molar-refractivity contribution in [1.29, 1.82) is 0 Å². The summed E-state index contributed by atoms with van der Waals surface area (Å²) in [6, 6.07) is 0.678. The topological polar surface area (TPSA) is 21.3 Å². The van der Waals surface area contributed by atoms with Crippen molar-refractivity contribution in [2.24, 2.45) is 5.92 Å². The molecule has 2 unspecified atom stereocenters. The number of rotatable bonds is 11. The molecular weight excluding hydrogens is 198 g/mol. The molecule has 2 heteroatoms. The van der Waals surface area contributed by atoms with Crippen molar-refractivity contribution in [1.82, 2.24) is 5.32 Å². The van der Waals surface area contributed by atoms with Crippen LogP contribution in [0.4, 0.5) is 0 Å². The van der Waals surface area contributed by atoms with E-state index < -0.39 is 0 Å². The van der Waals surface area contributed by atoms with E-state index in [4.69, 9.17) is 4.74 Å². The third-order valence-corrected chi connectivity index (χ3v) is 3.30. The third kappa shape index (κ3) is 8.12. The van der Waals surface area contributed by atoms with Gasteiger partial charge >= 0.3 is 0 Å². The minimum Gasteiger partial charge on any atom is -0.385 e. The maximum Gasteiger partial charge on any atom is 0.0465 e. The summed E-state index contributed by atoms with van der Waals surface area (Å²) < 4.78 is 5.16. The SMILES string of the molecule is CCCCCCC(NCC)C(C)CCOC. The monoisotopic (exact) mass is 229 g/mol. The van der Waals surface area contributed by atoms with E-state index in [0.717, 1.165) is 19.1 Å². The smallest absolute Gasteiger partial charge is 0.0465 e. The molecule has 0 radical (unpaired) electrons. The molecule has 0 rings (SSSR count). The van der Waals surface area contributed by atoms with E-state index in [2.05, 4.69) is 26.1 Å². The number of unbranched alkanes of at least 4 members (excludes halogenated alkanes) is 3. The van der Waals surface area contributed by atoms with Gasteiger partial charge in [-0.2, -0.15) is 0 Å². The van der Waals surface area contributed by atoms with Crippen LogP contribution in [-0.4, -0.2) is 26.3 Å². The second-order valence-corrected chi connectivity index (χ2v) is 4.77. The Kier molecular flexibility index (Phi) is 11.3. The van der Waals surface area contributed by atoms with Crippen molar-refractivity contribution < 1.29 is 4.74 Å². The highest BCUT2D eigenvalue weighted by Gasteiger charge is 2.15. The van der Waals surface area contributed by atoms with E-state index in [1.807, 2.05) is 0 Å². The Hall–Kier alpha value is -0.0800. The van der Waals surface area contributed by atoms with E-state index in [0.29, 0.717) is 6.04 Å². The number of hydrogen-bond acceptors (Lipinski definition) is 2. The number of nitrogens with one attached hydrogen (secondary N) is 1. The first-order valence-corrected chi connectivity index (χ1v) is 6.98. The van der Waals surface area contributed by atoms with Gasteiger partial charge in [0.2, 0.25) is 0 Å². The van der Waals surface area contributed by atoms with Gasteiger partial charge in [0, 0.05) is 19.8 Å². The van der Waals surface area contributed by atoms with Gasteiger partial charge in [0.15, 0.2) is 0 Å². The van der Waals surface area contributed by atoms with E-state index in [1.54, 1.807) is 7.11 Å². The molecule has 0 heterocycles.